The van der Waals surface area contributed by atoms with E-state index in [-0.39, 0.29) is 0 Å². The van der Waals surface area contributed by atoms with Crippen molar-refractivity contribution in [1.29, 1.82) is 0 Å². The van der Waals surface area contributed by atoms with Crippen LogP contribution in [0.3, 0.4) is 0 Å². The second-order valence-corrected chi connectivity index (χ2v) is 10.2. The Labute approximate surface area is 199 Å². The summed E-state index contributed by atoms with van der Waals surface area (Å²) in [4.78, 5) is 0. The minimum atomic E-state index is 1.30. The summed E-state index contributed by atoms with van der Waals surface area (Å²) in [7, 11) is 0. The standard InChI is InChI=1S/C34H26/c1-19-5-10-28-23(11-19)6-7-25-13-21(3)16-30(33(25)28)29-18-27-15-20(2)12-24-8-9-26-14-22(4)17-31(29)34(26)32(24)27/h5-18H,1-4H3. The van der Waals surface area contributed by atoms with Gasteiger partial charge in [0.1, 0.15) is 0 Å². The Balaban J connectivity index is 1.74. The quantitative estimate of drug-likeness (QED) is 0.226. The van der Waals surface area contributed by atoms with Crippen molar-refractivity contribution in [3.63, 3.8) is 0 Å². The van der Waals surface area contributed by atoms with Crippen LogP contribution in [0.4, 0.5) is 0 Å². The molecule has 0 bridgehead atoms. The van der Waals surface area contributed by atoms with Gasteiger partial charge in [-0.2, -0.15) is 0 Å². The maximum absolute atomic E-state index is 2.44. The van der Waals surface area contributed by atoms with E-state index >= 15 is 0 Å². The maximum atomic E-state index is 2.44. The van der Waals surface area contributed by atoms with E-state index < -0.39 is 0 Å². The van der Waals surface area contributed by atoms with E-state index in [2.05, 4.69) is 113 Å². The molecule has 0 fully saturated rings. The number of aryl methyl sites for hydroxylation is 4. The van der Waals surface area contributed by atoms with Gasteiger partial charge in [0.05, 0.1) is 0 Å². The molecule has 0 saturated carbocycles. The van der Waals surface area contributed by atoms with Crippen LogP contribution in [-0.4, -0.2) is 0 Å². The Morgan fingerprint density at radius 1 is 0.324 bits per heavy atom. The molecule has 0 atom stereocenters. The van der Waals surface area contributed by atoms with E-state index in [0.717, 1.165) is 0 Å². The predicted octanol–water partition coefficient (Wildman–Crippen LogP) is 9.79. The molecule has 0 aromatic heterocycles. The zero-order chi connectivity index (χ0) is 23.1. The van der Waals surface area contributed by atoms with E-state index in [1.54, 1.807) is 0 Å². The smallest absolute Gasteiger partial charge is 0.00204 e. The van der Waals surface area contributed by atoms with Crippen LogP contribution in [0.25, 0.3) is 65.0 Å². The summed E-state index contributed by atoms with van der Waals surface area (Å²) in [5.41, 5.74) is 7.88. The lowest BCUT2D eigenvalue weighted by atomic mass is 9.85. The van der Waals surface area contributed by atoms with E-state index in [9.17, 15) is 0 Å². The highest BCUT2D eigenvalue weighted by atomic mass is 14.2. The molecule has 0 aliphatic carbocycles. The van der Waals surface area contributed by atoms with Crippen LogP contribution in [0.1, 0.15) is 22.3 Å². The zero-order valence-corrected chi connectivity index (χ0v) is 20.1. The normalized spacial score (nSPS) is 12.1. The number of benzene rings is 7. The number of hydrogen-bond donors (Lipinski definition) is 0. The first-order valence-corrected chi connectivity index (χ1v) is 12.1. The number of hydrogen-bond acceptors (Lipinski definition) is 0. The lowest BCUT2D eigenvalue weighted by molar-refractivity contribution is 1.49. The molecule has 7 rings (SSSR count). The van der Waals surface area contributed by atoms with Crippen LogP contribution in [0.5, 0.6) is 0 Å². The molecule has 0 aliphatic rings. The van der Waals surface area contributed by atoms with Crippen LogP contribution in [0, 0.1) is 27.7 Å². The number of rotatable bonds is 1. The first-order chi connectivity index (χ1) is 16.5. The Morgan fingerprint density at radius 3 is 1.65 bits per heavy atom. The molecule has 0 unspecified atom stereocenters. The van der Waals surface area contributed by atoms with Gasteiger partial charge >= 0.3 is 0 Å². The van der Waals surface area contributed by atoms with Crippen LogP contribution >= 0.6 is 0 Å². The third-order valence-electron chi connectivity index (χ3n) is 7.46. The molecule has 0 heteroatoms. The van der Waals surface area contributed by atoms with E-state index in [0.29, 0.717) is 0 Å². The van der Waals surface area contributed by atoms with Gasteiger partial charge in [-0.25, -0.2) is 0 Å². The van der Waals surface area contributed by atoms with Gasteiger partial charge in [-0.3, -0.25) is 0 Å². The molecule has 0 radical (unpaired) electrons. The summed E-state index contributed by atoms with van der Waals surface area (Å²) in [6, 6.07) is 32.5. The topological polar surface area (TPSA) is 0 Å². The van der Waals surface area contributed by atoms with Gasteiger partial charge in [0.15, 0.2) is 0 Å². The second-order valence-electron chi connectivity index (χ2n) is 10.2. The van der Waals surface area contributed by atoms with Crippen molar-refractivity contribution >= 4 is 53.9 Å². The summed E-state index contributed by atoms with van der Waals surface area (Å²) in [5, 5.41) is 13.4. The minimum absolute atomic E-state index is 1.30. The highest BCUT2D eigenvalue weighted by molar-refractivity contribution is 6.28. The van der Waals surface area contributed by atoms with Gasteiger partial charge in [-0.15, -0.1) is 0 Å². The summed E-state index contributed by atoms with van der Waals surface area (Å²) in [6.07, 6.45) is 0. The first-order valence-electron chi connectivity index (χ1n) is 12.1. The van der Waals surface area contributed by atoms with Gasteiger partial charge in [-0.05, 0) is 115 Å². The van der Waals surface area contributed by atoms with Crippen LogP contribution < -0.4 is 0 Å². The zero-order valence-electron chi connectivity index (χ0n) is 20.1. The Hall–Kier alpha value is -3.90. The average Bonchev–Trinajstić information content (AvgIpc) is 2.80. The molecule has 0 spiro atoms. The van der Waals surface area contributed by atoms with Crippen molar-refractivity contribution in [2.45, 2.75) is 27.7 Å². The van der Waals surface area contributed by atoms with Gasteiger partial charge in [-0.1, -0.05) is 84.4 Å². The molecule has 0 heterocycles. The van der Waals surface area contributed by atoms with Crippen molar-refractivity contribution in [2.24, 2.45) is 0 Å². The molecular formula is C34H26. The van der Waals surface area contributed by atoms with Gasteiger partial charge in [0.25, 0.3) is 0 Å². The SMILES string of the molecule is Cc1ccc2c(ccc3cc(C)cc(-c4cc5cc(C)cc6ccc7cc(C)cc4c7c65)c32)c1. The van der Waals surface area contributed by atoms with Gasteiger partial charge in [0.2, 0.25) is 0 Å². The molecular weight excluding hydrogens is 408 g/mol. The fraction of sp³-hybridized carbons (Fsp3) is 0.118. The fourth-order valence-electron chi connectivity index (χ4n) is 6.14. The van der Waals surface area contributed by atoms with Crippen molar-refractivity contribution in [3.05, 3.63) is 107 Å². The maximum Gasteiger partial charge on any atom is -0.00204 e. The summed E-state index contributed by atoms with van der Waals surface area (Å²) in [5.74, 6) is 0. The molecule has 0 aliphatic heterocycles. The van der Waals surface area contributed by atoms with E-state index in [1.165, 1.54) is 87.2 Å². The average molecular weight is 435 g/mol. The molecule has 7 aromatic carbocycles. The lowest BCUT2D eigenvalue weighted by Crippen LogP contribution is -1.92. The molecule has 34 heavy (non-hydrogen) atoms. The minimum Gasteiger partial charge on any atom is -0.0587 e. The first kappa shape index (κ1) is 19.6. The van der Waals surface area contributed by atoms with Gasteiger partial charge < -0.3 is 0 Å². The Kier molecular flexibility index (Phi) is 3.92. The summed E-state index contributed by atoms with van der Waals surface area (Å²) < 4.78 is 0. The van der Waals surface area contributed by atoms with E-state index in [1.807, 2.05) is 0 Å². The highest BCUT2D eigenvalue weighted by Gasteiger charge is 2.17. The molecule has 0 N–H and O–H groups in total. The Bertz CT molecular complexity index is 1930. The predicted molar refractivity (Wildman–Crippen MR) is 150 cm³/mol. The molecule has 7 aromatic rings. The third-order valence-corrected chi connectivity index (χ3v) is 7.46. The third kappa shape index (κ3) is 2.72. The summed E-state index contributed by atoms with van der Waals surface area (Å²) in [6.45, 7) is 8.81. The summed E-state index contributed by atoms with van der Waals surface area (Å²) >= 11 is 0. The van der Waals surface area contributed by atoms with Crippen molar-refractivity contribution in [1.82, 2.24) is 0 Å². The second kappa shape index (κ2) is 6.81. The van der Waals surface area contributed by atoms with Crippen molar-refractivity contribution in [2.75, 3.05) is 0 Å². The van der Waals surface area contributed by atoms with Crippen LogP contribution in [0.15, 0.2) is 84.9 Å². The fourth-order valence-corrected chi connectivity index (χ4v) is 6.14. The molecule has 162 valence electrons. The van der Waals surface area contributed by atoms with Gasteiger partial charge in [0, 0.05) is 0 Å². The largest absolute Gasteiger partial charge is 0.0587 e. The van der Waals surface area contributed by atoms with Crippen LogP contribution in [0.2, 0.25) is 0 Å². The monoisotopic (exact) mass is 434 g/mol. The van der Waals surface area contributed by atoms with Crippen molar-refractivity contribution < 1.29 is 0 Å². The molecule has 0 nitrogen and oxygen atoms in total. The van der Waals surface area contributed by atoms with Crippen LogP contribution in [-0.2, 0) is 0 Å². The highest BCUT2D eigenvalue weighted by Crippen LogP contribution is 2.44. The lowest BCUT2D eigenvalue weighted by Gasteiger charge is -2.19. The number of fused-ring (bicyclic) bond motifs is 3. The molecule has 0 amide bonds. The molecule has 0 saturated heterocycles. The van der Waals surface area contributed by atoms with E-state index in [4.69, 9.17) is 0 Å². The Morgan fingerprint density at radius 2 is 0.882 bits per heavy atom. The van der Waals surface area contributed by atoms with Crippen molar-refractivity contribution in [3.8, 4) is 11.1 Å².